The molecule has 3 N–H and O–H groups in total. The molecule has 0 spiro atoms. The van der Waals surface area contributed by atoms with Gasteiger partial charge in [0.05, 0.1) is 0 Å². The predicted molar refractivity (Wildman–Crippen MR) is 90.9 cm³/mol. The normalized spacial score (nSPS) is 15.6. The molecule has 0 radical (unpaired) electrons. The standard InChI is InChI=1S/C17H17ClFN3O/c18-13-2-1-3-15(8-13)22-16(23)21-14-6-4-12(5-7-14)9-17(19)10-20-11-17/h1-8,20H,9-11H2,(H2,21,22,23). The van der Waals surface area contributed by atoms with Gasteiger partial charge in [0, 0.05) is 35.9 Å². The fourth-order valence-corrected chi connectivity index (χ4v) is 2.64. The van der Waals surface area contributed by atoms with Gasteiger partial charge in [-0.3, -0.25) is 0 Å². The van der Waals surface area contributed by atoms with Gasteiger partial charge in [0.1, 0.15) is 5.67 Å². The summed E-state index contributed by atoms with van der Waals surface area (Å²) in [7, 11) is 0. The molecule has 0 atom stereocenters. The van der Waals surface area contributed by atoms with Crippen molar-refractivity contribution in [1.82, 2.24) is 5.32 Å². The zero-order valence-electron chi connectivity index (χ0n) is 12.4. The second-order valence-corrected chi connectivity index (χ2v) is 6.15. The van der Waals surface area contributed by atoms with Gasteiger partial charge in [-0.05, 0) is 35.9 Å². The maximum atomic E-state index is 14.0. The highest BCUT2D eigenvalue weighted by Gasteiger charge is 2.36. The van der Waals surface area contributed by atoms with Gasteiger partial charge >= 0.3 is 6.03 Å². The Morgan fingerprint density at radius 3 is 2.43 bits per heavy atom. The third-order valence-corrected chi connectivity index (χ3v) is 3.93. The van der Waals surface area contributed by atoms with E-state index in [1.807, 2.05) is 12.1 Å². The smallest absolute Gasteiger partial charge is 0.310 e. The molecular formula is C17H17ClFN3O. The summed E-state index contributed by atoms with van der Waals surface area (Å²) in [4.78, 5) is 11.9. The molecule has 1 saturated heterocycles. The Kier molecular flexibility index (Phi) is 4.50. The van der Waals surface area contributed by atoms with E-state index in [0.717, 1.165) is 5.56 Å². The summed E-state index contributed by atoms with van der Waals surface area (Å²) in [6.45, 7) is 0.796. The number of carbonyl (C=O) groups is 1. The Labute approximate surface area is 139 Å². The number of alkyl halides is 1. The molecule has 2 aromatic carbocycles. The van der Waals surface area contributed by atoms with E-state index in [4.69, 9.17) is 11.6 Å². The van der Waals surface area contributed by atoms with Gasteiger partial charge in [-0.15, -0.1) is 0 Å². The number of hydrogen-bond donors (Lipinski definition) is 3. The Bertz CT molecular complexity index is 701. The lowest BCUT2D eigenvalue weighted by Gasteiger charge is -2.35. The second-order valence-electron chi connectivity index (χ2n) is 5.72. The van der Waals surface area contributed by atoms with Crippen molar-refractivity contribution in [3.8, 4) is 0 Å². The van der Waals surface area contributed by atoms with Gasteiger partial charge in [0.2, 0.25) is 0 Å². The van der Waals surface area contributed by atoms with Gasteiger partial charge in [-0.1, -0.05) is 29.8 Å². The van der Waals surface area contributed by atoms with Crippen LogP contribution in [0.3, 0.4) is 0 Å². The molecule has 0 aromatic heterocycles. The van der Waals surface area contributed by atoms with Crippen molar-refractivity contribution < 1.29 is 9.18 Å². The summed E-state index contributed by atoms with van der Waals surface area (Å²) in [6, 6.07) is 13.7. The van der Waals surface area contributed by atoms with E-state index in [0.29, 0.717) is 35.9 Å². The van der Waals surface area contributed by atoms with Crippen molar-refractivity contribution in [2.24, 2.45) is 0 Å². The molecule has 0 saturated carbocycles. The minimum atomic E-state index is -1.14. The predicted octanol–water partition coefficient (Wildman–Crippen LogP) is 3.84. The van der Waals surface area contributed by atoms with Crippen LogP contribution in [-0.4, -0.2) is 24.8 Å². The fourth-order valence-electron chi connectivity index (χ4n) is 2.45. The van der Waals surface area contributed by atoms with E-state index in [-0.39, 0.29) is 6.03 Å². The van der Waals surface area contributed by atoms with E-state index < -0.39 is 5.67 Å². The third-order valence-electron chi connectivity index (χ3n) is 3.70. The Hall–Kier alpha value is -2.11. The zero-order valence-corrected chi connectivity index (χ0v) is 13.2. The lowest BCUT2D eigenvalue weighted by molar-refractivity contribution is 0.0912. The van der Waals surface area contributed by atoms with Gasteiger partial charge in [0.15, 0.2) is 0 Å². The van der Waals surface area contributed by atoms with Gasteiger partial charge in [-0.25, -0.2) is 9.18 Å². The van der Waals surface area contributed by atoms with Crippen LogP contribution >= 0.6 is 11.6 Å². The number of anilines is 2. The summed E-state index contributed by atoms with van der Waals surface area (Å²) in [6.07, 6.45) is 0.384. The molecule has 2 aromatic rings. The quantitative estimate of drug-likeness (QED) is 0.796. The van der Waals surface area contributed by atoms with E-state index in [1.54, 1.807) is 36.4 Å². The van der Waals surface area contributed by atoms with Crippen molar-refractivity contribution in [2.75, 3.05) is 23.7 Å². The number of halogens is 2. The van der Waals surface area contributed by atoms with Crippen molar-refractivity contribution in [3.63, 3.8) is 0 Å². The molecule has 1 aliphatic heterocycles. The number of benzene rings is 2. The molecule has 0 aliphatic carbocycles. The minimum Gasteiger partial charge on any atom is -0.310 e. The SMILES string of the molecule is O=C(Nc1ccc(CC2(F)CNC2)cc1)Nc1cccc(Cl)c1. The Balaban J connectivity index is 1.56. The van der Waals surface area contributed by atoms with E-state index in [9.17, 15) is 9.18 Å². The van der Waals surface area contributed by atoms with Gasteiger partial charge in [0.25, 0.3) is 0 Å². The number of urea groups is 1. The maximum Gasteiger partial charge on any atom is 0.323 e. The van der Waals surface area contributed by atoms with Crippen molar-refractivity contribution >= 4 is 29.0 Å². The molecule has 23 heavy (non-hydrogen) atoms. The molecule has 120 valence electrons. The number of rotatable bonds is 4. The van der Waals surface area contributed by atoms with Crippen LogP contribution in [-0.2, 0) is 6.42 Å². The van der Waals surface area contributed by atoms with Crippen LogP contribution in [0.25, 0.3) is 0 Å². The van der Waals surface area contributed by atoms with Crippen LogP contribution in [0, 0.1) is 0 Å². The highest BCUT2D eigenvalue weighted by molar-refractivity contribution is 6.30. The topological polar surface area (TPSA) is 53.2 Å². The van der Waals surface area contributed by atoms with Gasteiger partial charge < -0.3 is 16.0 Å². The number of carbonyl (C=O) groups excluding carboxylic acids is 1. The van der Waals surface area contributed by atoms with Crippen LogP contribution in [0.15, 0.2) is 48.5 Å². The van der Waals surface area contributed by atoms with Crippen LogP contribution in [0.4, 0.5) is 20.6 Å². The summed E-state index contributed by atoms with van der Waals surface area (Å²) < 4.78 is 14.0. The highest BCUT2D eigenvalue weighted by atomic mass is 35.5. The lowest BCUT2D eigenvalue weighted by Crippen LogP contribution is -2.57. The summed E-state index contributed by atoms with van der Waals surface area (Å²) in [5.74, 6) is 0. The summed E-state index contributed by atoms with van der Waals surface area (Å²) in [5, 5.41) is 8.92. The molecule has 1 fully saturated rings. The van der Waals surface area contributed by atoms with E-state index >= 15 is 0 Å². The fraction of sp³-hybridized carbons (Fsp3) is 0.235. The van der Waals surface area contributed by atoms with Crippen LogP contribution < -0.4 is 16.0 Å². The lowest BCUT2D eigenvalue weighted by atomic mass is 9.91. The first-order chi connectivity index (χ1) is 11.0. The molecule has 0 unspecified atom stereocenters. The number of hydrogen-bond acceptors (Lipinski definition) is 2. The monoisotopic (exact) mass is 333 g/mol. The highest BCUT2D eigenvalue weighted by Crippen LogP contribution is 2.23. The first-order valence-corrected chi connectivity index (χ1v) is 7.72. The summed E-state index contributed by atoms with van der Waals surface area (Å²) in [5.41, 5.74) is 1.03. The van der Waals surface area contributed by atoms with Crippen LogP contribution in [0.2, 0.25) is 5.02 Å². The molecular weight excluding hydrogens is 317 g/mol. The average Bonchev–Trinajstić information content (AvgIpc) is 2.47. The molecule has 6 heteroatoms. The maximum absolute atomic E-state index is 14.0. The molecule has 1 aliphatic rings. The van der Waals surface area contributed by atoms with Gasteiger partial charge in [-0.2, -0.15) is 0 Å². The number of nitrogens with one attached hydrogen (secondary N) is 3. The molecule has 3 rings (SSSR count). The molecule has 4 nitrogen and oxygen atoms in total. The molecule has 1 heterocycles. The molecule has 2 amide bonds. The van der Waals surface area contributed by atoms with Crippen LogP contribution in [0.5, 0.6) is 0 Å². The first kappa shape index (κ1) is 15.8. The van der Waals surface area contributed by atoms with Crippen LogP contribution in [0.1, 0.15) is 5.56 Å². The Morgan fingerprint density at radius 1 is 1.13 bits per heavy atom. The van der Waals surface area contributed by atoms with E-state index in [1.165, 1.54) is 0 Å². The minimum absolute atomic E-state index is 0.356. The molecule has 0 bridgehead atoms. The second kappa shape index (κ2) is 6.56. The van der Waals surface area contributed by atoms with Crippen molar-refractivity contribution in [2.45, 2.75) is 12.1 Å². The third kappa shape index (κ3) is 4.21. The Morgan fingerprint density at radius 2 is 1.83 bits per heavy atom. The zero-order chi connectivity index (χ0) is 16.3. The number of amides is 2. The summed E-state index contributed by atoms with van der Waals surface area (Å²) >= 11 is 5.87. The largest absolute Gasteiger partial charge is 0.323 e. The van der Waals surface area contributed by atoms with E-state index in [2.05, 4.69) is 16.0 Å². The first-order valence-electron chi connectivity index (χ1n) is 7.35. The van der Waals surface area contributed by atoms with Crippen molar-refractivity contribution in [1.29, 1.82) is 0 Å². The average molecular weight is 334 g/mol. The van der Waals surface area contributed by atoms with Crippen molar-refractivity contribution in [3.05, 3.63) is 59.1 Å².